The fraction of sp³-hybridized carbons (Fsp3) is 0.275. The molecule has 1 atom stereocenters. The summed E-state index contributed by atoms with van der Waals surface area (Å²) in [5.74, 6) is -1.06. The van der Waals surface area contributed by atoms with E-state index in [0.29, 0.717) is 53.9 Å². The fourth-order valence-electron chi connectivity index (χ4n) is 6.52. The van der Waals surface area contributed by atoms with Crippen molar-refractivity contribution >= 4 is 70.9 Å². The van der Waals surface area contributed by atoms with Crippen LogP contribution in [-0.4, -0.2) is 90.3 Å². The lowest BCUT2D eigenvalue weighted by Crippen LogP contribution is -2.32. The van der Waals surface area contributed by atoms with Crippen molar-refractivity contribution in [2.45, 2.75) is 36.7 Å². The lowest BCUT2D eigenvalue weighted by molar-refractivity contribution is -0.384. The second-order valence-corrected chi connectivity index (χ2v) is 17.7. The van der Waals surface area contributed by atoms with Crippen LogP contribution in [0, 0.1) is 10.1 Å². The summed E-state index contributed by atoms with van der Waals surface area (Å²) in [6, 6.07) is 21.8. The molecule has 57 heavy (non-hydrogen) atoms. The van der Waals surface area contributed by atoms with Crippen molar-refractivity contribution in [3.05, 3.63) is 128 Å². The Hall–Kier alpha value is -5.62. The maximum absolute atomic E-state index is 13.6. The predicted molar refractivity (Wildman–Crippen MR) is 221 cm³/mol. The van der Waals surface area contributed by atoms with Gasteiger partial charge >= 0.3 is 0 Å². The number of ketones is 2. The summed E-state index contributed by atoms with van der Waals surface area (Å²) < 4.78 is 33.0. The summed E-state index contributed by atoms with van der Waals surface area (Å²) in [7, 11) is -0.451. The maximum atomic E-state index is 13.6. The van der Waals surface area contributed by atoms with E-state index >= 15 is 0 Å². The molecule has 0 unspecified atom stereocenters. The molecule has 3 aromatic heterocycles. The van der Waals surface area contributed by atoms with Crippen LogP contribution in [0.2, 0.25) is 0 Å². The van der Waals surface area contributed by atoms with E-state index in [1.165, 1.54) is 40.2 Å². The van der Waals surface area contributed by atoms with Crippen molar-refractivity contribution in [3.8, 4) is 5.75 Å². The molecule has 7 rings (SSSR count). The molecule has 1 N–H and O–H groups in total. The first-order valence-corrected chi connectivity index (χ1v) is 21.5. The third-order valence-electron chi connectivity index (χ3n) is 9.47. The number of hydrogen-bond donors (Lipinski definition) is 1. The minimum atomic E-state index is -4.29. The average molecular weight is 826 g/mol. The lowest BCUT2D eigenvalue weighted by atomic mass is 9.92. The highest BCUT2D eigenvalue weighted by Gasteiger charge is 2.29. The van der Waals surface area contributed by atoms with Crippen molar-refractivity contribution in [3.63, 3.8) is 0 Å². The second-order valence-electron chi connectivity index (χ2n) is 13.8. The van der Waals surface area contributed by atoms with E-state index in [9.17, 15) is 28.1 Å². The molecule has 14 nitrogen and oxygen atoms in total. The average Bonchev–Trinajstić information content (AvgIpc) is 3.86. The molecule has 0 fully saturated rings. The normalized spacial score (nSPS) is 13.4. The number of nitrogens with one attached hydrogen (secondary N) is 1. The van der Waals surface area contributed by atoms with Gasteiger partial charge in [0.15, 0.2) is 26.5 Å². The van der Waals surface area contributed by atoms with E-state index in [-0.39, 0.29) is 41.1 Å². The number of nitro benzene ring substituents is 1. The number of carbonyl (C=O) groups is 2. The molecule has 4 heterocycles. The van der Waals surface area contributed by atoms with Gasteiger partial charge < -0.3 is 19.9 Å². The largest absolute Gasteiger partial charge is 0.491 e. The van der Waals surface area contributed by atoms with E-state index in [2.05, 4.69) is 20.3 Å². The van der Waals surface area contributed by atoms with Gasteiger partial charge in [-0.3, -0.25) is 19.7 Å². The van der Waals surface area contributed by atoms with Gasteiger partial charge in [0, 0.05) is 36.3 Å². The standard InChI is InChI=1S/C40H39N7O7S3/c1-45(2)18-16-27(23-54-28-9-4-3-5-10-28)42-32-14-13-29(20-35(32)47(50)51)57(52,53)25-37(49)34-24-55-40(44-34)46-19-15-26-8-6-11-30(31(26)22-46)36(48)21-38-43-33-12-7-17-41-39(33)56-38/h3-14,17,20,24,27,42H,15-16,18-19,21-23,25H2,1-2H3/t27-/m1/s1. The number of nitrogens with zero attached hydrogens (tertiary/aromatic N) is 6. The Balaban J connectivity index is 1.02. The molecule has 0 amide bonds. The summed E-state index contributed by atoms with van der Waals surface area (Å²) in [5, 5.41) is 18.1. The van der Waals surface area contributed by atoms with E-state index < -0.39 is 32.0 Å². The smallest absolute Gasteiger partial charge is 0.293 e. The molecule has 1 aliphatic heterocycles. The Labute approximate surface area is 337 Å². The third kappa shape index (κ3) is 9.51. The summed E-state index contributed by atoms with van der Waals surface area (Å²) in [6.45, 7) is 1.86. The summed E-state index contributed by atoms with van der Waals surface area (Å²) >= 11 is 2.61. The highest BCUT2D eigenvalue weighted by molar-refractivity contribution is 7.92. The van der Waals surface area contributed by atoms with Crippen LogP contribution < -0.4 is 15.0 Å². The molecule has 17 heteroatoms. The van der Waals surface area contributed by atoms with Crippen LogP contribution in [0.15, 0.2) is 95.3 Å². The van der Waals surface area contributed by atoms with Crippen LogP contribution in [-0.2, 0) is 29.2 Å². The Morgan fingerprint density at radius 3 is 2.63 bits per heavy atom. The number of fused-ring (bicyclic) bond motifs is 2. The molecule has 6 aromatic rings. The van der Waals surface area contributed by atoms with Crippen LogP contribution in [0.25, 0.3) is 10.3 Å². The van der Waals surface area contributed by atoms with Gasteiger partial charge in [-0.2, -0.15) is 0 Å². The number of carbonyl (C=O) groups excluding carboxylic acids is 2. The third-order valence-corrected chi connectivity index (χ3v) is 13.0. The van der Waals surface area contributed by atoms with Crippen molar-refractivity contribution in [2.75, 3.05) is 49.8 Å². The Morgan fingerprint density at radius 1 is 1.04 bits per heavy atom. The molecular weight excluding hydrogens is 787 g/mol. The molecule has 0 saturated carbocycles. The van der Waals surface area contributed by atoms with Crippen LogP contribution in [0.5, 0.6) is 5.75 Å². The monoisotopic (exact) mass is 825 g/mol. The van der Waals surface area contributed by atoms with E-state index in [4.69, 9.17) is 4.74 Å². The van der Waals surface area contributed by atoms with Crippen molar-refractivity contribution in [1.29, 1.82) is 0 Å². The van der Waals surface area contributed by atoms with Crippen molar-refractivity contribution in [2.24, 2.45) is 0 Å². The number of sulfone groups is 1. The first-order chi connectivity index (χ1) is 27.4. The number of anilines is 2. The number of nitro groups is 1. The molecular formula is C40H39N7O7S3. The first-order valence-electron chi connectivity index (χ1n) is 18.1. The molecule has 0 aliphatic carbocycles. The molecule has 0 spiro atoms. The number of aromatic nitrogens is 3. The van der Waals surface area contributed by atoms with Gasteiger partial charge in [-0.25, -0.2) is 23.4 Å². The molecule has 3 aromatic carbocycles. The molecule has 0 radical (unpaired) electrons. The highest BCUT2D eigenvalue weighted by Crippen LogP contribution is 2.32. The van der Waals surface area contributed by atoms with Crippen LogP contribution in [0.4, 0.5) is 16.5 Å². The number of rotatable bonds is 17. The van der Waals surface area contributed by atoms with Gasteiger partial charge in [-0.1, -0.05) is 47.7 Å². The molecule has 0 saturated heterocycles. The minimum absolute atomic E-state index is 0.0203. The summed E-state index contributed by atoms with van der Waals surface area (Å²) in [4.78, 5) is 56.3. The topological polar surface area (TPSA) is 178 Å². The van der Waals surface area contributed by atoms with Gasteiger partial charge in [0.1, 0.15) is 44.8 Å². The van der Waals surface area contributed by atoms with Crippen LogP contribution in [0.3, 0.4) is 0 Å². The van der Waals surface area contributed by atoms with E-state index in [0.717, 1.165) is 27.5 Å². The van der Waals surface area contributed by atoms with Crippen LogP contribution >= 0.6 is 22.7 Å². The SMILES string of the molecule is CN(C)CC[C@H](COc1ccccc1)Nc1ccc(S(=O)(=O)CC(=O)c2csc(N3CCc4cccc(C(=O)Cc5nc6cccnc6s5)c4C3)n2)cc1[N+](=O)[O-]. The Kier molecular flexibility index (Phi) is 12.0. The summed E-state index contributed by atoms with van der Waals surface area (Å²) in [5.41, 5.74) is 2.97. The number of hydrogen-bond acceptors (Lipinski definition) is 15. The lowest BCUT2D eigenvalue weighted by Gasteiger charge is -2.29. The van der Waals surface area contributed by atoms with Gasteiger partial charge in [0.05, 0.1) is 22.3 Å². The molecule has 1 aliphatic rings. The van der Waals surface area contributed by atoms with E-state index in [1.807, 2.05) is 84.6 Å². The number of Topliss-reactive ketones (excluding diaryl/α,β-unsaturated/α-hetero) is 2. The van der Waals surface area contributed by atoms with Gasteiger partial charge in [0.25, 0.3) is 5.69 Å². The number of benzene rings is 3. The highest BCUT2D eigenvalue weighted by atomic mass is 32.2. The zero-order valence-corrected chi connectivity index (χ0v) is 33.6. The number of para-hydroxylation sites is 1. The zero-order valence-electron chi connectivity index (χ0n) is 31.2. The number of thiazole rings is 2. The van der Waals surface area contributed by atoms with E-state index in [1.54, 1.807) is 6.20 Å². The Morgan fingerprint density at radius 2 is 1.86 bits per heavy atom. The first kappa shape index (κ1) is 39.6. The van der Waals surface area contributed by atoms with Gasteiger partial charge in [0.2, 0.25) is 0 Å². The Bertz CT molecular complexity index is 2510. The maximum Gasteiger partial charge on any atom is 0.293 e. The van der Waals surface area contributed by atoms with Crippen molar-refractivity contribution < 1.29 is 27.7 Å². The van der Waals surface area contributed by atoms with Gasteiger partial charge in [-0.05, 0) is 81.0 Å². The zero-order chi connectivity index (χ0) is 40.1. The predicted octanol–water partition coefficient (Wildman–Crippen LogP) is 6.51. The molecule has 0 bridgehead atoms. The van der Waals surface area contributed by atoms with Crippen molar-refractivity contribution in [1.82, 2.24) is 19.9 Å². The summed E-state index contributed by atoms with van der Waals surface area (Å²) in [6.07, 6.45) is 3.08. The number of pyridine rings is 1. The minimum Gasteiger partial charge on any atom is -0.491 e. The fourth-order valence-corrected chi connectivity index (χ4v) is 9.50. The van der Waals surface area contributed by atoms with Gasteiger partial charge in [-0.15, -0.1) is 11.3 Å². The number of ether oxygens (including phenoxy) is 1. The second kappa shape index (κ2) is 17.3. The van der Waals surface area contributed by atoms with Crippen LogP contribution in [0.1, 0.15) is 43.4 Å². The quantitative estimate of drug-likeness (QED) is 0.0599. The molecule has 294 valence electrons.